The van der Waals surface area contributed by atoms with Gasteiger partial charge in [-0.25, -0.2) is 0 Å². The Labute approximate surface area is 113 Å². The molecular weight excluding hydrogens is 222 g/mol. The summed E-state index contributed by atoms with van der Waals surface area (Å²) in [6, 6.07) is 0.802. The molecule has 0 aliphatic heterocycles. The van der Waals surface area contributed by atoms with Crippen molar-refractivity contribution >= 4 is 0 Å². The van der Waals surface area contributed by atoms with Gasteiger partial charge in [-0.1, -0.05) is 44.9 Å². The molecule has 1 N–H and O–H groups in total. The summed E-state index contributed by atoms with van der Waals surface area (Å²) in [7, 11) is 0. The Hall–Kier alpha value is -0.0800. The van der Waals surface area contributed by atoms with E-state index >= 15 is 0 Å². The van der Waals surface area contributed by atoms with Crippen LogP contribution in [0.2, 0.25) is 0 Å². The monoisotopic (exact) mass is 253 g/mol. The van der Waals surface area contributed by atoms with Gasteiger partial charge in [0.05, 0.1) is 6.10 Å². The molecule has 2 heteroatoms. The van der Waals surface area contributed by atoms with Crippen molar-refractivity contribution in [1.29, 1.82) is 0 Å². The van der Waals surface area contributed by atoms with Crippen molar-refractivity contribution in [2.45, 2.75) is 89.2 Å². The second kappa shape index (κ2) is 8.92. The molecule has 0 atom stereocenters. The van der Waals surface area contributed by atoms with E-state index in [0.717, 1.165) is 19.2 Å². The van der Waals surface area contributed by atoms with Crippen LogP contribution in [-0.2, 0) is 4.74 Å². The highest BCUT2D eigenvalue weighted by atomic mass is 16.5. The van der Waals surface area contributed by atoms with Gasteiger partial charge in [0.25, 0.3) is 0 Å². The molecule has 2 nitrogen and oxygen atoms in total. The Kier molecular flexibility index (Phi) is 7.11. The largest absolute Gasteiger partial charge is 0.378 e. The Bertz CT molecular complexity index is 193. The summed E-state index contributed by atoms with van der Waals surface area (Å²) < 4.78 is 6.01. The van der Waals surface area contributed by atoms with Crippen molar-refractivity contribution in [3.05, 3.63) is 0 Å². The maximum atomic E-state index is 6.01. The molecule has 0 saturated heterocycles. The van der Waals surface area contributed by atoms with Gasteiger partial charge >= 0.3 is 0 Å². The van der Waals surface area contributed by atoms with Crippen LogP contribution in [0.1, 0.15) is 77.0 Å². The molecule has 18 heavy (non-hydrogen) atoms. The Morgan fingerprint density at radius 3 is 2.11 bits per heavy atom. The molecule has 2 aliphatic rings. The fourth-order valence-corrected chi connectivity index (χ4v) is 3.34. The van der Waals surface area contributed by atoms with E-state index in [4.69, 9.17) is 4.74 Å². The van der Waals surface area contributed by atoms with Crippen LogP contribution in [0, 0.1) is 0 Å². The standard InChI is InChI=1S/C16H31NO/c1-2-7-12-16(11-6-1)18-14-8-13-17-15-9-4-3-5-10-15/h15-17H,1-14H2. The van der Waals surface area contributed by atoms with E-state index < -0.39 is 0 Å². The first-order chi connectivity index (χ1) is 8.95. The zero-order valence-corrected chi connectivity index (χ0v) is 12.0. The predicted molar refractivity (Wildman–Crippen MR) is 76.9 cm³/mol. The average Bonchev–Trinajstić information content (AvgIpc) is 2.68. The molecule has 0 spiro atoms. The number of ether oxygens (including phenoxy) is 1. The minimum atomic E-state index is 0.571. The summed E-state index contributed by atoms with van der Waals surface area (Å²) in [6.07, 6.45) is 17.0. The summed E-state index contributed by atoms with van der Waals surface area (Å²) in [4.78, 5) is 0. The van der Waals surface area contributed by atoms with Crippen molar-refractivity contribution in [2.24, 2.45) is 0 Å². The minimum Gasteiger partial charge on any atom is -0.378 e. The molecule has 0 amide bonds. The zero-order chi connectivity index (χ0) is 12.5. The van der Waals surface area contributed by atoms with E-state index in [0.29, 0.717) is 6.10 Å². The highest BCUT2D eigenvalue weighted by Crippen LogP contribution is 2.20. The van der Waals surface area contributed by atoms with Crippen molar-refractivity contribution < 1.29 is 4.74 Å². The van der Waals surface area contributed by atoms with Gasteiger partial charge < -0.3 is 10.1 Å². The van der Waals surface area contributed by atoms with Gasteiger partial charge in [-0.15, -0.1) is 0 Å². The molecule has 0 aromatic carbocycles. The molecule has 2 fully saturated rings. The van der Waals surface area contributed by atoms with E-state index in [1.165, 1.54) is 77.0 Å². The second-order valence-electron chi connectivity index (χ2n) is 6.13. The SMILES string of the molecule is C1CCC(NCCCOC2CCCCCC2)CC1. The molecule has 2 rings (SSSR count). The maximum Gasteiger partial charge on any atom is 0.0575 e. The van der Waals surface area contributed by atoms with Crippen LogP contribution >= 0.6 is 0 Å². The van der Waals surface area contributed by atoms with Crippen LogP contribution in [0.15, 0.2) is 0 Å². The minimum absolute atomic E-state index is 0.571. The first-order valence-corrected chi connectivity index (χ1v) is 8.30. The molecule has 2 saturated carbocycles. The predicted octanol–water partition coefficient (Wildman–Crippen LogP) is 4.04. The first kappa shape index (κ1) is 14.3. The third-order valence-corrected chi connectivity index (χ3v) is 4.52. The molecule has 106 valence electrons. The highest BCUT2D eigenvalue weighted by Gasteiger charge is 2.13. The van der Waals surface area contributed by atoms with Crippen LogP contribution < -0.4 is 5.32 Å². The Balaban J connectivity index is 1.45. The first-order valence-electron chi connectivity index (χ1n) is 8.30. The van der Waals surface area contributed by atoms with E-state index in [1.54, 1.807) is 0 Å². The van der Waals surface area contributed by atoms with Gasteiger partial charge in [0.1, 0.15) is 0 Å². The highest BCUT2D eigenvalue weighted by molar-refractivity contribution is 4.71. The van der Waals surface area contributed by atoms with Gasteiger partial charge in [0.15, 0.2) is 0 Å². The van der Waals surface area contributed by atoms with E-state index in [-0.39, 0.29) is 0 Å². The van der Waals surface area contributed by atoms with Gasteiger partial charge in [-0.3, -0.25) is 0 Å². The lowest BCUT2D eigenvalue weighted by Crippen LogP contribution is -2.32. The summed E-state index contributed by atoms with van der Waals surface area (Å²) in [5.41, 5.74) is 0. The Morgan fingerprint density at radius 2 is 1.39 bits per heavy atom. The molecule has 0 radical (unpaired) electrons. The fourth-order valence-electron chi connectivity index (χ4n) is 3.34. The molecule has 0 aromatic rings. The summed E-state index contributed by atoms with van der Waals surface area (Å²) in [5, 5.41) is 3.69. The smallest absolute Gasteiger partial charge is 0.0575 e. The molecular formula is C16H31NO. The van der Waals surface area contributed by atoms with Crippen LogP contribution in [0.25, 0.3) is 0 Å². The van der Waals surface area contributed by atoms with Crippen molar-refractivity contribution in [3.8, 4) is 0 Å². The fraction of sp³-hybridized carbons (Fsp3) is 1.00. The Morgan fingerprint density at radius 1 is 0.778 bits per heavy atom. The lowest BCUT2D eigenvalue weighted by Gasteiger charge is -2.23. The molecule has 2 aliphatic carbocycles. The van der Waals surface area contributed by atoms with E-state index in [2.05, 4.69) is 5.32 Å². The number of hydrogen-bond acceptors (Lipinski definition) is 2. The molecule has 0 heterocycles. The lowest BCUT2D eigenvalue weighted by molar-refractivity contribution is 0.0415. The van der Waals surface area contributed by atoms with Crippen molar-refractivity contribution in [3.63, 3.8) is 0 Å². The van der Waals surface area contributed by atoms with Crippen molar-refractivity contribution in [1.82, 2.24) is 5.32 Å². The van der Waals surface area contributed by atoms with Crippen LogP contribution in [0.4, 0.5) is 0 Å². The molecule has 0 aromatic heterocycles. The molecule has 0 unspecified atom stereocenters. The van der Waals surface area contributed by atoms with Gasteiger partial charge in [-0.05, 0) is 38.6 Å². The topological polar surface area (TPSA) is 21.3 Å². The van der Waals surface area contributed by atoms with Gasteiger partial charge in [0.2, 0.25) is 0 Å². The molecule has 0 bridgehead atoms. The normalized spacial score (nSPS) is 24.0. The summed E-state index contributed by atoms with van der Waals surface area (Å²) >= 11 is 0. The zero-order valence-electron chi connectivity index (χ0n) is 12.0. The van der Waals surface area contributed by atoms with Crippen LogP contribution in [-0.4, -0.2) is 25.3 Å². The second-order valence-corrected chi connectivity index (χ2v) is 6.13. The number of hydrogen-bond donors (Lipinski definition) is 1. The van der Waals surface area contributed by atoms with Gasteiger partial charge in [0, 0.05) is 12.6 Å². The number of rotatable bonds is 6. The summed E-state index contributed by atoms with van der Waals surface area (Å²) in [5.74, 6) is 0. The third kappa shape index (κ3) is 5.71. The summed E-state index contributed by atoms with van der Waals surface area (Å²) in [6.45, 7) is 2.11. The maximum absolute atomic E-state index is 6.01. The quantitative estimate of drug-likeness (QED) is 0.570. The van der Waals surface area contributed by atoms with Crippen molar-refractivity contribution in [2.75, 3.05) is 13.2 Å². The lowest BCUT2D eigenvalue weighted by atomic mass is 9.95. The third-order valence-electron chi connectivity index (χ3n) is 4.52. The van der Waals surface area contributed by atoms with Crippen LogP contribution in [0.5, 0.6) is 0 Å². The van der Waals surface area contributed by atoms with E-state index in [9.17, 15) is 0 Å². The van der Waals surface area contributed by atoms with Crippen LogP contribution in [0.3, 0.4) is 0 Å². The number of nitrogens with one attached hydrogen (secondary N) is 1. The van der Waals surface area contributed by atoms with E-state index in [1.807, 2.05) is 0 Å². The average molecular weight is 253 g/mol. The van der Waals surface area contributed by atoms with Gasteiger partial charge in [-0.2, -0.15) is 0 Å².